The van der Waals surface area contributed by atoms with Crippen molar-refractivity contribution in [3.05, 3.63) is 69.7 Å². The average Bonchev–Trinajstić information content (AvgIpc) is 3.46. The number of halogens is 1. The summed E-state index contributed by atoms with van der Waals surface area (Å²) in [5.74, 6) is -1.30. The fourth-order valence-electron chi connectivity index (χ4n) is 3.52. The molecule has 4 aromatic heterocycles. The molecule has 0 fully saturated rings. The Morgan fingerprint density at radius 1 is 1.27 bits per heavy atom. The zero-order chi connectivity index (χ0) is 23.3. The molecule has 168 valence electrons. The number of aromatic carboxylic acids is 1. The van der Waals surface area contributed by atoms with E-state index in [9.17, 15) is 24.2 Å². The minimum absolute atomic E-state index is 0.0726. The van der Waals surface area contributed by atoms with E-state index < -0.39 is 23.4 Å². The van der Waals surface area contributed by atoms with Crippen molar-refractivity contribution < 1.29 is 28.2 Å². The van der Waals surface area contributed by atoms with Gasteiger partial charge >= 0.3 is 5.97 Å². The van der Waals surface area contributed by atoms with Crippen molar-refractivity contribution in [2.75, 3.05) is 0 Å². The van der Waals surface area contributed by atoms with E-state index in [0.717, 1.165) is 9.36 Å². The first-order valence-corrected chi connectivity index (χ1v) is 9.65. The molecule has 13 heteroatoms. The monoisotopic (exact) mass is 454 g/mol. The second kappa shape index (κ2) is 7.63. The number of carboxylic acids is 1. The van der Waals surface area contributed by atoms with E-state index in [1.165, 1.54) is 37.5 Å². The largest absolute Gasteiger partial charge is 0.478 e. The van der Waals surface area contributed by atoms with Crippen molar-refractivity contribution in [1.29, 1.82) is 0 Å². The molecule has 4 heterocycles. The third-order valence-electron chi connectivity index (χ3n) is 5.04. The number of carbonyl (C=O) groups is 1. The number of nitrogens with zero attached hydrogens (tertiary/aromatic N) is 6. The number of furan rings is 2. The summed E-state index contributed by atoms with van der Waals surface area (Å²) in [6.07, 6.45) is 0.0674. The zero-order valence-electron chi connectivity index (χ0n) is 17.0. The number of aryl methyl sites for hydroxylation is 1. The molecule has 0 saturated carbocycles. The van der Waals surface area contributed by atoms with Crippen LogP contribution in [0.3, 0.4) is 0 Å². The molecule has 5 rings (SSSR count). The highest BCUT2D eigenvalue weighted by Crippen LogP contribution is 2.25. The van der Waals surface area contributed by atoms with Crippen molar-refractivity contribution >= 4 is 28.0 Å². The summed E-state index contributed by atoms with van der Waals surface area (Å²) in [5.41, 5.74) is -0.519. The highest BCUT2D eigenvalue weighted by Gasteiger charge is 2.23. The van der Waals surface area contributed by atoms with Gasteiger partial charge in [0.25, 0.3) is 5.56 Å². The molecule has 5 aromatic rings. The number of hydrogen-bond donors (Lipinski definition) is 2. The van der Waals surface area contributed by atoms with Crippen LogP contribution < -0.4 is 5.56 Å². The maximum absolute atomic E-state index is 13.4. The Morgan fingerprint density at radius 2 is 2.09 bits per heavy atom. The Bertz CT molecular complexity index is 1580. The number of fused-ring (bicyclic) bond motifs is 2. The minimum atomic E-state index is -1.30. The molecule has 12 nitrogen and oxygen atoms in total. The third-order valence-corrected chi connectivity index (χ3v) is 5.04. The molecule has 1 aromatic carbocycles. The van der Waals surface area contributed by atoms with Crippen LogP contribution in [0, 0.1) is 12.7 Å². The van der Waals surface area contributed by atoms with Gasteiger partial charge in [0.05, 0.1) is 13.1 Å². The second-order valence-electron chi connectivity index (χ2n) is 7.30. The summed E-state index contributed by atoms with van der Waals surface area (Å²) in [5, 5.41) is 32.0. The van der Waals surface area contributed by atoms with Gasteiger partial charge in [0.1, 0.15) is 46.3 Å². The SMILES string of the molecule is Cc1oc2ncn(Cc3nnn(C[C@H](O)c4cc5cc(F)ccc5o4)n3)c(=O)c2c1C(=O)O. The van der Waals surface area contributed by atoms with Gasteiger partial charge in [-0.3, -0.25) is 9.36 Å². The van der Waals surface area contributed by atoms with Gasteiger partial charge in [-0.25, -0.2) is 14.2 Å². The number of hydrogen-bond acceptors (Lipinski definition) is 9. The summed E-state index contributed by atoms with van der Waals surface area (Å²) in [7, 11) is 0. The van der Waals surface area contributed by atoms with Crippen LogP contribution in [-0.2, 0) is 13.1 Å². The van der Waals surface area contributed by atoms with Crippen molar-refractivity contribution in [1.82, 2.24) is 29.8 Å². The highest BCUT2D eigenvalue weighted by molar-refractivity contribution is 6.02. The van der Waals surface area contributed by atoms with Crippen LogP contribution in [0.5, 0.6) is 0 Å². The van der Waals surface area contributed by atoms with Gasteiger partial charge in [-0.1, -0.05) is 0 Å². The van der Waals surface area contributed by atoms with Crippen LogP contribution in [0.4, 0.5) is 4.39 Å². The van der Waals surface area contributed by atoms with Crippen LogP contribution >= 0.6 is 0 Å². The molecule has 0 aliphatic heterocycles. The molecule has 0 unspecified atom stereocenters. The van der Waals surface area contributed by atoms with Crippen LogP contribution in [0.1, 0.15) is 33.8 Å². The van der Waals surface area contributed by atoms with Gasteiger partial charge in [-0.05, 0) is 36.4 Å². The average molecular weight is 454 g/mol. The lowest BCUT2D eigenvalue weighted by atomic mass is 10.2. The zero-order valence-corrected chi connectivity index (χ0v) is 17.0. The first-order valence-electron chi connectivity index (χ1n) is 9.65. The maximum atomic E-state index is 13.4. The summed E-state index contributed by atoms with van der Waals surface area (Å²) in [6, 6.07) is 5.54. The van der Waals surface area contributed by atoms with Crippen LogP contribution in [-0.4, -0.2) is 45.9 Å². The number of carboxylic acid groups (broad SMARTS) is 1. The first kappa shape index (κ1) is 20.5. The molecule has 0 saturated heterocycles. The number of aliphatic hydroxyl groups excluding tert-OH is 1. The quantitative estimate of drug-likeness (QED) is 0.386. The van der Waals surface area contributed by atoms with E-state index in [-0.39, 0.29) is 47.1 Å². The Balaban J connectivity index is 1.37. The molecule has 0 spiro atoms. The molecular weight excluding hydrogens is 439 g/mol. The Labute approximate surface area is 182 Å². The molecule has 0 bridgehead atoms. The topological polar surface area (TPSA) is 162 Å². The van der Waals surface area contributed by atoms with Gasteiger partial charge < -0.3 is 19.0 Å². The first-order chi connectivity index (χ1) is 15.8. The lowest BCUT2D eigenvalue weighted by Gasteiger charge is -2.05. The van der Waals surface area contributed by atoms with Crippen LogP contribution in [0.25, 0.3) is 22.1 Å². The van der Waals surface area contributed by atoms with E-state index in [4.69, 9.17) is 8.83 Å². The standard InChI is InChI=1S/C20H15FN6O6/c1-9-16(20(30)31)17-18(32-9)22-8-26(19(17)29)7-15-23-25-27(24-15)6-12(28)14-5-10-4-11(21)2-3-13(10)33-14/h2-5,8,12,28H,6-7H2,1H3,(H,30,31)/t12-/m0/s1. The Hall–Kier alpha value is -4.39. The van der Waals surface area contributed by atoms with Crippen molar-refractivity contribution in [2.45, 2.75) is 26.1 Å². The number of benzene rings is 1. The van der Waals surface area contributed by atoms with Gasteiger partial charge in [0.2, 0.25) is 5.71 Å². The summed E-state index contributed by atoms with van der Waals surface area (Å²) in [6.45, 7) is 1.20. The van der Waals surface area contributed by atoms with E-state index in [0.29, 0.717) is 11.0 Å². The predicted molar refractivity (Wildman–Crippen MR) is 108 cm³/mol. The highest BCUT2D eigenvalue weighted by atomic mass is 19.1. The fraction of sp³-hybridized carbons (Fsp3) is 0.200. The number of aromatic nitrogens is 6. The lowest BCUT2D eigenvalue weighted by Crippen LogP contribution is -2.22. The number of aliphatic hydroxyl groups is 1. The second-order valence-corrected chi connectivity index (χ2v) is 7.30. The fourth-order valence-corrected chi connectivity index (χ4v) is 3.52. The van der Waals surface area contributed by atoms with Gasteiger partial charge in [-0.2, -0.15) is 4.80 Å². The third kappa shape index (κ3) is 3.63. The minimum Gasteiger partial charge on any atom is -0.478 e. The molecule has 0 amide bonds. The molecule has 1 atom stereocenters. The lowest BCUT2D eigenvalue weighted by molar-refractivity contribution is 0.0696. The van der Waals surface area contributed by atoms with Gasteiger partial charge in [0, 0.05) is 5.39 Å². The molecule has 33 heavy (non-hydrogen) atoms. The van der Waals surface area contributed by atoms with Crippen LogP contribution in [0.2, 0.25) is 0 Å². The normalized spacial score (nSPS) is 12.6. The smallest absolute Gasteiger partial charge is 0.340 e. The van der Waals surface area contributed by atoms with E-state index >= 15 is 0 Å². The molecule has 0 aliphatic carbocycles. The Kier molecular flexibility index (Phi) is 4.74. The van der Waals surface area contributed by atoms with E-state index in [2.05, 4.69) is 20.4 Å². The molecule has 2 N–H and O–H groups in total. The van der Waals surface area contributed by atoms with E-state index in [1.54, 1.807) is 0 Å². The number of rotatable bonds is 6. The summed E-state index contributed by atoms with van der Waals surface area (Å²) >= 11 is 0. The molecular formula is C20H15FN6O6. The summed E-state index contributed by atoms with van der Waals surface area (Å²) in [4.78, 5) is 29.4. The van der Waals surface area contributed by atoms with Crippen molar-refractivity contribution in [3.8, 4) is 0 Å². The predicted octanol–water partition coefficient (Wildman–Crippen LogP) is 1.65. The summed E-state index contributed by atoms with van der Waals surface area (Å²) < 4.78 is 25.3. The molecule has 0 aliphatic rings. The Morgan fingerprint density at radius 3 is 2.88 bits per heavy atom. The maximum Gasteiger partial charge on any atom is 0.340 e. The van der Waals surface area contributed by atoms with Gasteiger partial charge in [-0.15, -0.1) is 10.2 Å². The number of tetrazole rings is 1. The van der Waals surface area contributed by atoms with Gasteiger partial charge in [0.15, 0.2) is 5.82 Å². The molecule has 0 radical (unpaired) electrons. The van der Waals surface area contributed by atoms with Crippen LogP contribution in [0.15, 0.2) is 44.2 Å². The van der Waals surface area contributed by atoms with E-state index in [1.807, 2.05) is 0 Å². The van der Waals surface area contributed by atoms with Crippen molar-refractivity contribution in [3.63, 3.8) is 0 Å². The van der Waals surface area contributed by atoms with Crippen molar-refractivity contribution in [2.24, 2.45) is 0 Å².